The van der Waals surface area contributed by atoms with E-state index in [1.54, 1.807) is 6.20 Å². The number of amides is 2. The van der Waals surface area contributed by atoms with E-state index in [0.29, 0.717) is 24.5 Å². The molecule has 7 nitrogen and oxygen atoms in total. The van der Waals surface area contributed by atoms with Crippen LogP contribution in [0.2, 0.25) is 0 Å². The third kappa shape index (κ3) is 5.58. The molecule has 1 aromatic carbocycles. The number of urea groups is 1. The smallest absolute Gasteiger partial charge is 0.319 e. The highest BCUT2D eigenvalue weighted by molar-refractivity contribution is 5.89. The Morgan fingerprint density at radius 3 is 2.61 bits per heavy atom. The normalized spacial score (nSPS) is 19.0. The molecule has 7 heteroatoms. The summed E-state index contributed by atoms with van der Waals surface area (Å²) in [4.78, 5) is 23.0. The van der Waals surface area contributed by atoms with Crippen molar-refractivity contribution in [3.8, 4) is 0 Å². The largest absolute Gasteiger partial charge is 0.363 e. The van der Waals surface area contributed by atoms with Gasteiger partial charge in [-0.25, -0.2) is 9.78 Å². The van der Waals surface area contributed by atoms with Crippen LogP contribution < -0.4 is 20.9 Å². The van der Waals surface area contributed by atoms with E-state index in [-0.39, 0.29) is 6.03 Å². The van der Waals surface area contributed by atoms with E-state index in [2.05, 4.69) is 25.9 Å². The van der Waals surface area contributed by atoms with Crippen molar-refractivity contribution in [3.05, 3.63) is 42.1 Å². The van der Waals surface area contributed by atoms with Crippen LogP contribution in [0.25, 0.3) is 0 Å². The predicted octanol–water partition coefficient (Wildman–Crippen LogP) is 3.64. The number of para-hydroxylation sites is 1. The van der Waals surface area contributed by atoms with E-state index in [0.717, 1.165) is 42.8 Å². The summed E-state index contributed by atoms with van der Waals surface area (Å²) in [6, 6.07) is 9.94. The van der Waals surface area contributed by atoms with Crippen LogP contribution in [-0.4, -0.2) is 42.7 Å². The van der Waals surface area contributed by atoms with Crippen molar-refractivity contribution in [2.75, 3.05) is 36.2 Å². The molecule has 1 aromatic heterocycles. The molecule has 1 saturated carbocycles. The van der Waals surface area contributed by atoms with Crippen LogP contribution in [0.15, 0.2) is 36.5 Å². The minimum atomic E-state index is -0.136. The van der Waals surface area contributed by atoms with Gasteiger partial charge in [0.2, 0.25) is 5.95 Å². The van der Waals surface area contributed by atoms with E-state index < -0.39 is 0 Å². The molecular formula is C21H30N6O. The maximum absolute atomic E-state index is 12.1. The van der Waals surface area contributed by atoms with Crippen molar-refractivity contribution in [1.82, 2.24) is 15.3 Å². The second-order valence-electron chi connectivity index (χ2n) is 7.64. The number of aryl methyl sites for hydroxylation is 1. The first-order chi connectivity index (χ1) is 13.5. The van der Waals surface area contributed by atoms with Crippen LogP contribution in [0.5, 0.6) is 0 Å². The van der Waals surface area contributed by atoms with Gasteiger partial charge >= 0.3 is 6.03 Å². The lowest BCUT2D eigenvalue weighted by Crippen LogP contribution is -2.36. The number of hydrogen-bond acceptors (Lipinski definition) is 5. The van der Waals surface area contributed by atoms with E-state index in [9.17, 15) is 4.79 Å². The topological polar surface area (TPSA) is 82.2 Å². The summed E-state index contributed by atoms with van der Waals surface area (Å²) >= 11 is 0. The van der Waals surface area contributed by atoms with Gasteiger partial charge in [0.05, 0.1) is 0 Å². The summed E-state index contributed by atoms with van der Waals surface area (Å²) < 4.78 is 0. The molecule has 0 atom stereocenters. The second kappa shape index (κ2) is 9.39. The van der Waals surface area contributed by atoms with E-state index >= 15 is 0 Å². The van der Waals surface area contributed by atoms with Gasteiger partial charge in [-0.05, 0) is 56.2 Å². The molecule has 0 bridgehead atoms. The molecule has 1 heterocycles. The average molecular weight is 383 g/mol. The first-order valence-electron chi connectivity index (χ1n) is 9.88. The Morgan fingerprint density at radius 2 is 1.89 bits per heavy atom. The summed E-state index contributed by atoms with van der Waals surface area (Å²) in [5.74, 6) is 2.09. The Morgan fingerprint density at radius 1 is 1.14 bits per heavy atom. The van der Waals surface area contributed by atoms with Gasteiger partial charge in [-0.1, -0.05) is 18.2 Å². The molecule has 28 heavy (non-hydrogen) atoms. The summed E-state index contributed by atoms with van der Waals surface area (Å²) in [6.45, 7) is 2.69. The van der Waals surface area contributed by atoms with Gasteiger partial charge in [-0.2, -0.15) is 4.98 Å². The van der Waals surface area contributed by atoms with Crippen LogP contribution in [0, 0.1) is 12.8 Å². The van der Waals surface area contributed by atoms with Crippen molar-refractivity contribution in [2.45, 2.75) is 38.6 Å². The molecule has 1 fully saturated rings. The number of anilines is 3. The van der Waals surface area contributed by atoms with Crippen molar-refractivity contribution >= 4 is 23.5 Å². The van der Waals surface area contributed by atoms with Crippen LogP contribution >= 0.6 is 0 Å². The van der Waals surface area contributed by atoms with Gasteiger partial charge in [0, 0.05) is 38.6 Å². The number of aromatic nitrogens is 2. The highest BCUT2D eigenvalue weighted by atomic mass is 16.2. The molecule has 0 saturated heterocycles. The average Bonchev–Trinajstić information content (AvgIpc) is 2.69. The monoisotopic (exact) mass is 382 g/mol. The standard InChI is InChI=1S/C21H30N6O/c1-15-6-4-5-7-18(15)25-21(28)23-14-16-8-10-17(11-9-16)24-20-22-13-12-19(26-20)27(2)3/h4-7,12-13,16-17H,8-11,14H2,1-3H3,(H,22,24,26)(H2,23,25,28)/t16-,17+. The molecule has 1 aliphatic carbocycles. The van der Waals surface area contributed by atoms with E-state index in [4.69, 9.17) is 0 Å². The van der Waals surface area contributed by atoms with E-state index in [1.165, 1.54) is 0 Å². The molecule has 2 aromatic rings. The van der Waals surface area contributed by atoms with Gasteiger partial charge in [0.1, 0.15) is 5.82 Å². The van der Waals surface area contributed by atoms with Crippen LogP contribution in [0.1, 0.15) is 31.2 Å². The molecule has 0 unspecified atom stereocenters. The highest BCUT2D eigenvalue weighted by Gasteiger charge is 2.22. The zero-order valence-corrected chi connectivity index (χ0v) is 16.9. The van der Waals surface area contributed by atoms with Gasteiger partial charge in [-0.3, -0.25) is 0 Å². The Hall–Kier alpha value is -2.83. The Balaban J connectivity index is 1.40. The first-order valence-corrected chi connectivity index (χ1v) is 9.88. The zero-order chi connectivity index (χ0) is 19.9. The van der Waals surface area contributed by atoms with Crippen LogP contribution in [0.3, 0.4) is 0 Å². The lowest BCUT2D eigenvalue weighted by atomic mass is 9.86. The fourth-order valence-electron chi connectivity index (χ4n) is 3.48. The summed E-state index contributed by atoms with van der Waals surface area (Å²) in [5.41, 5.74) is 1.91. The first kappa shape index (κ1) is 19.9. The SMILES string of the molecule is Cc1ccccc1NC(=O)NC[C@H]1CC[C@@H](Nc2nccc(N(C)C)n2)CC1. The summed E-state index contributed by atoms with van der Waals surface area (Å²) in [5, 5.41) is 9.39. The maximum atomic E-state index is 12.1. The van der Waals surface area contributed by atoms with Crippen molar-refractivity contribution in [2.24, 2.45) is 5.92 Å². The van der Waals surface area contributed by atoms with Gasteiger partial charge in [0.15, 0.2) is 0 Å². The highest BCUT2D eigenvalue weighted by Crippen LogP contribution is 2.26. The number of benzene rings is 1. The minimum Gasteiger partial charge on any atom is -0.363 e. The molecule has 150 valence electrons. The van der Waals surface area contributed by atoms with Crippen LogP contribution in [0.4, 0.5) is 22.2 Å². The van der Waals surface area contributed by atoms with Crippen molar-refractivity contribution in [1.29, 1.82) is 0 Å². The Labute approximate surface area is 167 Å². The Bertz CT molecular complexity index is 786. The summed E-state index contributed by atoms with van der Waals surface area (Å²) in [7, 11) is 3.94. The number of carbonyl (C=O) groups is 1. The number of carbonyl (C=O) groups excluding carboxylic acids is 1. The minimum absolute atomic E-state index is 0.136. The van der Waals surface area contributed by atoms with Gasteiger partial charge in [0.25, 0.3) is 0 Å². The molecule has 1 aliphatic rings. The molecule has 0 aliphatic heterocycles. The molecule has 0 radical (unpaired) electrons. The number of nitrogens with one attached hydrogen (secondary N) is 3. The Kier molecular flexibility index (Phi) is 6.68. The van der Waals surface area contributed by atoms with E-state index in [1.807, 2.05) is 56.3 Å². The number of hydrogen-bond donors (Lipinski definition) is 3. The molecule has 2 amide bonds. The molecular weight excluding hydrogens is 352 g/mol. The molecule has 0 spiro atoms. The van der Waals surface area contributed by atoms with Gasteiger partial charge < -0.3 is 20.9 Å². The van der Waals surface area contributed by atoms with Crippen molar-refractivity contribution in [3.63, 3.8) is 0 Å². The fraction of sp³-hybridized carbons (Fsp3) is 0.476. The van der Waals surface area contributed by atoms with Gasteiger partial charge in [-0.15, -0.1) is 0 Å². The van der Waals surface area contributed by atoms with Crippen LogP contribution in [-0.2, 0) is 0 Å². The predicted molar refractivity (Wildman–Crippen MR) is 114 cm³/mol. The molecule has 3 N–H and O–H groups in total. The quantitative estimate of drug-likeness (QED) is 0.710. The lowest BCUT2D eigenvalue weighted by Gasteiger charge is -2.29. The zero-order valence-electron chi connectivity index (χ0n) is 16.9. The number of rotatable bonds is 6. The lowest BCUT2D eigenvalue weighted by molar-refractivity contribution is 0.246. The fourth-order valence-corrected chi connectivity index (χ4v) is 3.48. The second-order valence-corrected chi connectivity index (χ2v) is 7.64. The summed E-state index contributed by atoms with van der Waals surface area (Å²) in [6.07, 6.45) is 6.06. The number of nitrogens with zero attached hydrogens (tertiary/aromatic N) is 3. The third-order valence-electron chi connectivity index (χ3n) is 5.22. The van der Waals surface area contributed by atoms with Crippen molar-refractivity contribution < 1.29 is 4.79 Å². The maximum Gasteiger partial charge on any atom is 0.319 e. The third-order valence-corrected chi connectivity index (χ3v) is 5.22. The molecule has 3 rings (SSSR count).